The summed E-state index contributed by atoms with van der Waals surface area (Å²) in [6, 6.07) is 7.52. The van der Waals surface area contributed by atoms with Crippen LogP contribution in [0, 0.1) is 11.8 Å². The number of piperidine rings is 1. The SMILES string of the molecule is CNC(=O)Cc1ccccc1NC(=O)NCC(C(C)C)N1CCC(C)CC1. The number of hydrogen-bond donors (Lipinski definition) is 3. The van der Waals surface area contributed by atoms with Crippen LogP contribution in [0.15, 0.2) is 24.3 Å². The van der Waals surface area contributed by atoms with Crippen LogP contribution in [0.1, 0.15) is 39.2 Å². The second-order valence-corrected chi connectivity index (χ2v) is 7.87. The Bertz CT molecular complexity index is 624. The Labute approximate surface area is 163 Å². The van der Waals surface area contributed by atoms with Gasteiger partial charge in [0, 0.05) is 25.3 Å². The van der Waals surface area contributed by atoms with Crippen molar-refractivity contribution < 1.29 is 9.59 Å². The normalized spacial score (nSPS) is 16.8. The van der Waals surface area contributed by atoms with Gasteiger partial charge < -0.3 is 16.0 Å². The van der Waals surface area contributed by atoms with Crippen LogP contribution in [0.2, 0.25) is 0 Å². The molecule has 1 saturated heterocycles. The fraction of sp³-hybridized carbons (Fsp3) is 0.619. The smallest absolute Gasteiger partial charge is 0.319 e. The summed E-state index contributed by atoms with van der Waals surface area (Å²) in [5, 5.41) is 8.53. The molecule has 1 aromatic carbocycles. The number of carbonyl (C=O) groups is 2. The van der Waals surface area contributed by atoms with E-state index in [-0.39, 0.29) is 18.4 Å². The lowest BCUT2D eigenvalue weighted by molar-refractivity contribution is -0.119. The van der Waals surface area contributed by atoms with E-state index >= 15 is 0 Å². The monoisotopic (exact) mass is 374 g/mol. The number of amides is 3. The number of nitrogens with one attached hydrogen (secondary N) is 3. The average Bonchev–Trinajstić information content (AvgIpc) is 2.64. The molecule has 3 N–H and O–H groups in total. The van der Waals surface area contributed by atoms with Gasteiger partial charge in [-0.1, -0.05) is 39.0 Å². The molecule has 0 aromatic heterocycles. The highest BCUT2D eigenvalue weighted by molar-refractivity contribution is 5.91. The molecule has 1 aliphatic heterocycles. The van der Waals surface area contributed by atoms with Crippen molar-refractivity contribution in [3.63, 3.8) is 0 Å². The van der Waals surface area contributed by atoms with Gasteiger partial charge in [-0.05, 0) is 49.4 Å². The van der Waals surface area contributed by atoms with Crippen LogP contribution in [0.4, 0.5) is 10.5 Å². The minimum atomic E-state index is -0.226. The van der Waals surface area contributed by atoms with Gasteiger partial charge in [0.25, 0.3) is 0 Å². The van der Waals surface area contributed by atoms with Crippen LogP contribution in [0.3, 0.4) is 0 Å². The zero-order valence-electron chi connectivity index (χ0n) is 17.0. The number of para-hydroxylation sites is 1. The van der Waals surface area contributed by atoms with E-state index in [9.17, 15) is 9.59 Å². The van der Waals surface area contributed by atoms with E-state index in [0.29, 0.717) is 24.2 Å². The lowest BCUT2D eigenvalue weighted by Crippen LogP contribution is -2.50. The predicted octanol–water partition coefficient (Wildman–Crippen LogP) is 2.85. The summed E-state index contributed by atoms with van der Waals surface area (Å²) in [5.74, 6) is 1.19. The molecule has 1 heterocycles. The van der Waals surface area contributed by atoms with Gasteiger partial charge in [-0.2, -0.15) is 0 Å². The molecule has 2 rings (SSSR count). The van der Waals surface area contributed by atoms with Gasteiger partial charge in [-0.25, -0.2) is 4.79 Å². The topological polar surface area (TPSA) is 73.5 Å². The Morgan fingerprint density at radius 2 is 1.85 bits per heavy atom. The number of benzene rings is 1. The van der Waals surface area contributed by atoms with Crippen molar-refractivity contribution in [2.45, 2.75) is 46.1 Å². The van der Waals surface area contributed by atoms with Gasteiger partial charge in [0.15, 0.2) is 0 Å². The number of nitrogens with zero attached hydrogens (tertiary/aromatic N) is 1. The molecule has 0 saturated carbocycles. The number of likely N-dealkylation sites (N-methyl/N-ethyl adjacent to an activating group) is 1. The van der Waals surface area contributed by atoms with Crippen molar-refractivity contribution in [3.8, 4) is 0 Å². The highest BCUT2D eigenvalue weighted by Crippen LogP contribution is 2.21. The summed E-state index contributed by atoms with van der Waals surface area (Å²) in [6.07, 6.45) is 2.69. The lowest BCUT2D eigenvalue weighted by atomic mass is 9.94. The van der Waals surface area contributed by atoms with Gasteiger partial charge in [-0.15, -0.1) is 0 Å². The quantitative estimate of drug-likeness (QED) is 0.687. The predicted molar refractivity (Wildman–Crippen MR) is 110 cm³/mol. The molecule has 3 amide bonds. The highest BCUT2D eigenvalue weighted by atomic mass is 16.2. The van der Waals surface area contributed by atoms with E-state index in [1.54, 1.807) is 7.05 Å². The van der Waals surface area contributed by atoms with Gasteiger partial charge in [0.1, 0.15) is 0 Å². The summed E-state index contributed by atoms with van der Waals surface area (Å²) in [4.78, 5) is 26.6. The minimum Gasteiger partial charge on any atom is -0.359 e. The number of carbonyl (C=O) groups excluding carboxylic acids is 2. The van der Waals surface area contributed by atoms with E-state index < -0.39 is 0 Å². The number of anilines is 1. The molecular formula is C21H34N4O2. The summed E-state index contributed by atoms with van der Waals surface area (Å²) >= 11 is 0. The number of rotatable bonds is 7. The third-order valence-electron chi connectivity index (χ3n) is 5.42. The van der Waals surface area contributed by atoms with E-state index in [2.05, 4.69) is 41.6 Å². The maximum atomic E-state index is 12.4. The van der Waals surface area contributed by atoms with Crippen molar-refractivity contribution in [3.05, 3.63) is 29.8 Å². The lowest BCUT2D eigenvalue weighted by Gasteiger charge is -2.38. The van der Waals surface area contributed by atoms with Crippen molar-refractivity contribution in [1.82, 2.24) is 15.5 Å². The Morgan fingerprint density at radius 3 is 2.48 bits per heavy atom. The Hall–Kier alpha value is -2.08. The average molecular weight is 375 g/mol. The number of hydrogen-bond acceptors (Lipinski definition) is 3. The Morgan fingerprint density at radius 1 is 1.19 bits per heavy atom. The van der Waals surface area contributed by atoms with Gasteiger partial charge >= 0.3 is 6.03 Å². The number of likely N-dealkylation sites (tertiary alicyclic amines) is 1. The zero-order valence-corrected chi connectivity index (χ0v) is 17.0. The molecular weight excluding hydrogens is 340 g/mol. The summed E-state index contributed by atoms with van der Waals surface area (Å²) in [5.41, 5.74) is 1.48. The largest absolute Gasteiger partial charge is 0.359 e. The third-order valence-corrected chi connectivity index (χ3v) is 5.42. The molecule has 0 bridgehead atoms. The molecule has 27 heavy (non-hydrogen) atoms. The molecule has 6 heteroatoms. The van der Waals surface area contributed by atoms with Crippen LogP contribution in [0.25, 0.3) is 0 Å². The molecule has 150 valence electrons. The van der Waals surface area contributed by atoms with E-state index in [1.165, 1.54) is 12.8 Å². The van der Waals surface area contributed by atoms with Crippen molar-refractivity contribution >= 4 is 17.6 Å². The number of urea groups is 1. The van der Waals surface area contributed by atoms with Crippen LogP contribution in [0.5, 0.6) is 0 Å². The van der Waals surface area contributed by atoms with Crippen molar-refractivity contribution in [2.75, 3.05) is 32.0 Å². The third kappa shape index (κ3) is 6.54. The second-order valence-electron chi connectivity index (χ2n) is 7.87. The minimum absolute atomic E-state index is 0.0798. The van der Waals surface area contributed by atoms with E-state index in [0.717, 1.165) is 24.6 Å². The Balaban J connectivity index is 1.92. The molecule has 1 atom stereocenters. The van der Waals surface area contributed by atoms with Gasteiger partial charge in [-0.3, -0.25) is 9.69 Å². The summed E-state index contributed by atoms with van der Waals surface area (Å²) < 4.78 is 0. The zero-order chi connectivity index (χ0) is 19.8. The first-order valence-corrected chi connectivity index (χ1v) is 9.98. The summed E-state index contributed by atoms with van der Waals surface area (Å²) in [6.45, 7) is 9.55. The first-order chi connectivity index (χ1) is 12.9. The van der Waals surface area contributed by atoms with Crippen LogP contribution in [-0.2, 0) is 11.2 Å². The molecule has 1 aliphatic rings. The highest BCUT2D eigenvalue weighted by Gasteiger charge is 2.26. The molecule has 6 nitrogen and oxygen atoms in total. The first-order valence-electron chi connectivity index (χ1n) is 9.98. The molecule has 0 spiro atoms. The molecule has 1 aromatic rings. The van der Waals surface area contributed by atoms with E-state index in [4.69, 9.17) is 0 Å². The fourth-order valence-electron chi connectivity index (χ4n) is 3.57. The van der Waals surface area contributed by atoms with Crippen LogP contribution < -0.4 is 16.0 Å². The fourth-order valence-corrected chi connectivity index (χ4v) is 3.57. The van der Waals surface area contributed by atoms with Crippen molar-refractivity contribution in [1.29, 1.82) is 0 Å². The first kappa shape index (κ1) is 21.2. The Kier molecular flexibility index (Phi) is 8.10. The van der Waals surface area contributed by atoms with Gasteiger partial charge in [0.2, 0.25) is 5.91 Å². The summed E-state index contributed by atoms with van der Waals surface area (Å²) in [7, 11) is 1.61. The maximum Gasteiger partial charge on any atom is 0.319 e. The molecule has 0 aliphatic carbocycles. The van der Waals surface area contributed by atoms with Gasteiger partial charge in [0.05, 0.1) is 6.42 Å². The molecule has 1 unspecified atom stereocenters. The van der Waals surface area contributed by atoms with Crippen LogP contribution >= 0.6 is 0 Å². The second kappa shape index (κ2) is 10.3. The van der Waals surface area contributed by atoms with Crippen LogP contribution in [-0.4, -0.2) is 49.6 Å². The van der Waals surface area contributed by atoms with Crippen molar-refractivity contribution in [2.24, 2.45) is 11.8 Å². The molecule has 0 radical (unpaired) electrons. The standard InChI is InChI=1S/C21H34N4O2/c1-15(2)19(25-11-9-16(3)10-12-25)14-23-21(27)24-18-8-6-5-7-17(18)13-20(26)22-4/h5-8,15-16,19H,9-14H2,1-4H3,(H,22,26)(H2,23,24,27). The molecule has 1 fully saturated rings. The van der Waals surface area contributed by atoms with E-state index in [1.807, 2.05) is 24.3 Å². The maximum absolute atomic E-state index is 12.4.